The van der Waals surface area contributed by atoms with Crippen LogP contribution in [0.1, 0.15) is 39.6 Å². The summed E-state index contributed by atoms with van der Waals surface area (Å²) in [6.07, 6.45) is -0.168. The molecule has 32 heavy (non-hydrogen) atoms. The van der Waals surface area contributed by atoms with Crippen molar-refractivity contribution in [3.63, 3.8) is 0 Å². The molecule has 1 unspecified atom stereocenters. The second kappa shape index (κ2) is 8.34. The first kappa shape index (κ1) is 21.4. The lowest BCUT2D eigenvalue weighted by Gasteiger charge is -2.32. The SMILES string of the molecule is CCOC(=O)C1=C(O)CC2C(=O)c3ccccc3C(=O)C2=C1c1cccc(OC)c1OC. The van der Waals surface area contributed by atoms with Gasteiger partial charge in [-0.2, -0.15) is 0 Å². The van der Waals surface area contributed by atoms with Crippen LogP contribution in [-0.4, -0.2) is 43.5 Å². The van der Waals surface area contributed by atoms with Crippen molar-refractivity contribution < 1.29 is 33.7 Å². The molecule has 0 bridgehead atoms. The second-order valence-electron chi connectivity index (χ2n) is 7.37. The maximum absolute atomic E-state index is 13.6. The molecule has 0 spiro atoms. The summed E-state index contributed by atoms with van der Waals surface area (Å²) in [6, 6.07) is 11.5. The second-order valence-corrected chi connectivity index (χ2v) is 7.37. The molecule has 4 rings (SSSR count). The quantitative estimate of drug-likeness (QED) is 0.712. The number of hydrogen-bond acceptors (Lipinski definition) is 7. The number of carbonyl (C=O) groups is 3. The van der Waals surface area contributed by atoms with Crippen LogP contribution < -0.4 is 9.47 Å². The van der Waals surface area contributed by atoms with Gasteiger partial charge >= 0.3 is 5.97 Å². The molecule has 0 radical (unpaired) electrons. The summed E-state index contributed by atoms with van der Waals surface area (Å²) in [5.41, 5.74) is 1.03. The normalized spacial score (nSPS) is 17.7. The van der Waals surface area contributed by atoms with Gasteiger partial charge in [-0.15, -0.1) is 0 Å². The van der Waals surface area contributed by atoms with Gasteiger partial charge in [-0.1, -0.05) is 36.4 Å². The van der Waals surface area contributed by atoms with Crippen LogP contribution in [0, 0.1) is 5.92 Å². The molecule has 164 valence electrons. The lowest BCUT2D eigenvalue weighted by atomic mass is 9.69. The number of esters is 1. The van der Waals surface area contributed by atoms with Crippen LogP contribution in [0.3, 0.4) is 0 Å². The average molecular weight is 434 g/mol. The van der Waals surface area contributed by atoms with E-state index in [1.807, 2.05) is 0 Å². The van der Waals surface area contributed by atoms with Crippen LogP contribution in [0.4, 0.5) is 0 Å². The number of rotatable bonds is 5. The third kappa shape index (κ3) is 3.17. The first-order chi connectivity index (χ1) is 15.4. The molecule has 0 amide bonds. The minimum Gasteiger partial charge on any atom is -0.511 e. The highest BCUT2D eigenvalue weighted by Gasteiger charge is 2.45. The fourth-order valence-electron chi connectivity index (χ4n) is 4.36. The summed E-state index contributed by atoms with van der Waals surface area (Å²) in [4.78, 5) is 39.8. The van der Waals surface area contributed by atoms with Crippen molar-refractivity contribution in [2.24, 2.45) is 5.92 Å². The Bertz CT molecular complexity index is 1200. The summed E-state index contributed by atoms with van der Waals surface area (Å²) >= 11 is 0. The van der Waals surface area contributed by atoms with Crippen molar-refractivity contribution >= 4 is 23.1 Å². The highest BCUT2D eigenvalue weighted by atomic mass is 16.5. The molecule has 0 saturated heterocycles. The largest absolute Gasteiger partial charge is 0.511 e. The van der Waals surface area contributed by atoms with Gasteiger partial charge < -0.3 is 19.3 Å². The van der Waals surface area contributed by atoms with E-state index in [-0.39, 0.29) is 58.4 Å². The predicted molar refractivity (Wildman–Crippen MR) is 116 cm³/mol. The average Bonchev–Trinajstić information content (AvgIpc) is 2.81. The highest BCUT2D eigenvalue weighted by molar-refractivity contribution is 6.29. The molecule has 2 aliphatic carbocycles. The molecule has 0 heterocycles. The number of allylic oxidation sites excluding steroid dienone is 2. The van der Waals surface area contributed by atoms with Gasteiger partial charge in [0.25, 0.3) is 0 Å². The third-order valence-electron chi connectivity index (χ3n) is 5.70. The summed E-state index contributed by atoms with van der Waals surface area (Å²) < 4.78 is 16.1. The molecule has 1 N–H and O–H groups in total. The highest BCUT2D eigenvalue weighted by Crippen LogP contribution is 2.48. The zero-order valence-electron chi connectivity index (χ0n) is 17.9. The Labute approximate surface area is 184 Å². The van der Waals surface area contributed by atoms with Crippen molar-refractivity contribution in [2.75, 3.05) is 20.8 Å². The van der Waals surface area contributed by atoms with E-state index in [9.17, 15) is 19.5 Å². The molecule has 2 aliphatic rings. The van der Waals surface area contributed by atoms with Gasteiger partial charge in [0.1, 0.15) is 11.3 Å². The van der Waals surface area contributed by atoms with Crippen LogP contribution in [0.5, 0.6) is 11.5 Å². The predicted octanol–water partition coefficient (Wildman–Crippen LogP) is 3.93. The number of methoxy groups -OCH3 is 2. The van der Waals surface area contributed by atoms with E-state index in [1.165, 1.54) is 14.2 Å². The number of fused-ring (bicyclic) bond motifs is 2. The number of benzene rings is 2. The van der Waals surface area contributed by atoms with Gasteiger partial charge in [-0.25, -0.2) is 4.79 Å². The monoisotopic (exact) mass is 434 g/mol. The number of aliphatic hydroxyl groups excluding tert-OH is 1. The van der Waals surface area contributed by atoms with E-state index in [4.69, 9.17) is 14.2 Å². The van der Waals surface area contributed by atoms with E-state index < -0.39 is 11.9 Å². The number of ketones is 2. The first-order valence-corrected chi connectivity index (χ1v) is 10.2. The van der Waals surface area contributed by atoms with Crippen molar-refractivity contribution in [1.82, 2.24) is 0 Å². The summed E-state index contributed by atoms with van der Waals surface area (Å²) in [6.45, 7) is 1.72. The molecule has 0 aliphatic heterocycles. The van der Waals surface area contributed by atoms with Crippen molar-refractivity contribution in [1.29, 1.82) is 0 Å². The molecule has 1 atom stereocenters. The topological polar surface area (TPSA) is 99.1 Å². The maximum Gasteiger partial charge on any atom is 0.342 e. The van der Waals surface area contributed by atoms with E-state index in [1.54, 1.807) is 49.4 Å². The number of para-hydroxylation sites is 1. The standard InChI is InChI=1S/C25H22O7/c1-4-32-25(29)21-17(26)12-16-20(23(28)14-9-6-5-8-13(14)22(16)27)19(21)15-10-7-11-18(30-2)24(15)31-3/h5-11,16,26H,4,12H2,1-3H3. The van der Waals surface area contributed by atoms with E-state index in [0.29, 0.717) is 16.9 Å². The lowest BCUT2D eigenvalue weighted by molar-refractivity contribution is -0.138. The molecule has 0 saturated carbocycles. The van der Waals surface area contributed by atoms with Gasteiger partial charge in [0.2, 0.25) is 0 Å². The molecular formula is C25H22O7. The number of hydrogen-bond donors (Lipinski definition) is 1. The summed E-state index contributed by atoms with van der Waals surface area (Å²) in [5.74, 6) is -2.04. The fraction of sp³-hybridized carbons (Fsp3) is 0.240. The zero-order chi connectivity index (χ0) is 23.0. The van der Waals surface area contributed by atoms with Gasteiger partial charge in [0.15, 0.2) is 23.1 Å². The Morgan fingerprint density at radius 1 is 1.00 bits per heavy atom. The number of Topliss-reactive ketones (excluding diaryl/α,β-unsaturated/α-hetero) is 2. The summed E-state index contributed by atoms with van der Waals surface area (Å²) in [7, 11) is 2.90. The minimum atomic E-state index is -0.929. The van der Waals surface area contributed by atoms with Crippen LogP contribution in [0.15, 0.2) is 59.4 Å². The molecule has 7 nitrogen and oxygen atoms in total. The Hall–Kier alpha value is -3.87. The van der Waals surface area contributed by atoms with Crippen LogP contribution in [0.2, 0.25) is 0 Å². The van der Waals surface area contributed by atoms with Crippen LogP contribution in [-0.2, 0) is 9.53 Å². The van der Waals surface area contributed by atoms with E-state index >= 15 is 0 Å². The van der Waals surface area contributed by atoms with Crippen LogP contribution in [0.25, 0.3) is 5.57 Å². The van der Waals surface area contributed by atoms with Crippen LogP contribution >= 0.6 is 0 Å². The Balaban J connectivity index is 2.09. The van der Waals surface area contributed by atoms with Gasteiger partial charge in [-0.3, -0.25) is 9.59 Å². The number of ether oxygens (including phenoxy) is 3. The molecular weight excluding hydrogens is 412 g/mol. The molecule has 2 aromatic carbocycles. The maximum atomic E-state index is 13.6. The number of carbonyl (C=O) groups excluding carboxylic acids is 3. The van der Waals surface area contributed by atoms with Crippen molar-refractivity contribution in [3.05, 3.63) is 76.1 Å². The van der Waals surface area contributed by atoms with E-state index in [2.05, 4.69) is 0 Å². The number of aliphatic hydroxyl groups is 1. The molecule has 0 aromatic heterocycles. The third-order valence-corrected chi connectivity index (χ3v) is 5.70. The van der Waals surface area contributed by atoms with Gasteiger partial charge in [0, 0.05) is 34.3 Å². The fourth-order valence-corrected chi connectivity index (χ4v) is 4.36. The van der Waals surface area contributed by atoms with E-state index in [0.717, 1.165) is 0 Å². The Morgan fingerprint density at radius 3 is 2.34 bits per heavy atom. The van der Waals surface area contributed by atoms with Gasteiger partial charge in [-0.05, 0) is 13.0 Å². The van der Waals surface area contributed by atoms with Crippen molar-refractivity contribution in [2.45, 2.75) is 13.3 Å². The van der Waals surface area contributed by atoms with Gasteiger partial charge in [0.05, 0.1) is 26.7 Å². The minimum absolute atomic E-state index is 0.0760. The smallest absolute Gasteiger partial charge is 0.342 e. The Kier molecular flexibility index (Phi) is 5.57. The lowest BCUT2D eigenvalue weighted by Crippen LogP contribution is -2.34. The molecule has 0 fully saturated rings. The zero-order valence-corrected chi connectivity index (χ0v) is 17.9. The Morgan fingerprint density at radius 2 is 1.69 bits per heavy atom. The molecule has 7 heteroatoms. The summed E-state index contributed by atoms with van der Waals surface area (Å²) in [5, 5.41) is 10.9. The first-order valence-electron chi connectivity index (χ1n) is 10.2. The molecule has 2 aromatic rings. The van der Waals surface area contributed by atoms with Crippen molar-refractivity contribution in [3.8, 4) is 11.5 Å².